The second-order valence-electron chi connectivity index (χ2n) is 5.37. The van der Waals surface area contributed by atoms with E-state index in [4.69, 9.17) is 4.74 Å². The summed E-state index contributed by atoms with van der Waals surface area (Å²) in [6.07, 6.45) is 2.11. The molecule has 1 aliphatic heterocycles. The highest BCUT2D eigenvalue weighted by Crippen LogP contribution is 2.08. The third kappa shape index (κ3) is 3.75. The molecule has 1 aromatic carbocycles. The monoisotopic (exact) mass is 286 g/mol. The smallest absolute Gasteiger partial charge is 0.0890 e. The summed E-state index contributed by atoms with van der Waals surface area (Å²) in [6.45, 7) is 7.75. The molecule has 1 fully saturated rings. The number of nitrogens with one attached hydrogen (secondary N) is 1. The molecule has 1 unspecified atom stereocenters. The van der Waals surface area contributed by atoms with Crippen LogP contribution in [0.2, 0.25) is 0 Å². The molecule has 0 bridgehead atoms. The number of rotatable bonds is 5. The van der Waals surface area contributed by atoms with Gasteiger partial charge >= 0.3 is 0 Å². The summed E-state index contributed by atoms with van der Waals surface area (Å²) >= 11 is 0. The molecule has 2 aromatic rings. The lowest BCUT2D eigenvalue weighted by Gasteiger charge is -2.32. The van der Waals surface area contributed by atoms with Gasteiger partial charge in [-0.3, -0.25) is 9.88 Å². The zero-order valence-corrected chi connectivity index (χ0v) is 12.5. The van der Waals surface area contributed by atoms with Gasteiger partial charge in [-0.15, -0.1) is 0 Å². The first kappa shape index (κ1) is 14.4. The lowest BCUT2D eigenvalue weighted by Crippen LogP contribution is -2.46. The zero-order valence-electron chi connectivity index (χ0n) is 12.5. The first-order chi connectivity index (χ1) is 10.3. The van der Waals surface area contributed by atoms with Crippen molar-refractivity contribution in [1.82, 2.24) is 20.2 Å². The van der Waals surface area contributed by atoms with E-state index in [9.17, 15) is 0 Å². The van der Waals surface area contributed by atoms with Crippen molar-refractivity contribution in [3.63, 3.8) is 0 Å². The summed E-state index contributed by atoms with van der Waals surface area (Å²) in [5.41, 5.74) is 2.86. The summed E-state index contributed by atoms with van der Waals surface area (Å²) in [4.78, 5) is 11.5. The summed E-state index contributed by atoms with van der Waals surface area (Å²) < 4.78 is 5.78. The van der Waals surface area contributed by atoms with Crippen LogP contribution < -0.4 is 5.32 Å². The molecule has 1 saturated heterocycles. The Bertz CT molecular complexity index is 589. The van der Waals surface area contributed by atoms with E-state index in [1.807, 2.05) is 30.5 Å². The van der Waals surface area contributed by atoms with Crippen molar-refractivity contribution in [2.75, 3.05) is 32.8 Å². The average molecular weight is 286 g/mol. The van der Waals surface area contributed by atoms with Gasteiger partial charge < -0.3 is 10.1 Å². The number of benzene rings is 1. The van der Waals surface area contributed by atoms with Crippen LogP contribution in [0.5, 0.6) is 0 Å². The number of morpholine rings is 1. The molecule has 112 valence electrons. The highest BCUT2D eigenvalue weighted by molar-refractivity contribution is 5.73. The molecule has 2 heterocycles. The van der Waals surface area contributed by atoms with Gasteiger partial charge in [-0.2, -0.15) is 0 Å². The number of nitrogens with zero attached hydrogens (tertiary/aromatic N) is 3. The third-order valence-corrected chi connectivity index (χ3v) is 3.85. The molecule has 0 aliphatic carbocycles. The van der Waals surface area contributed by atoms with Crippen LogP contribution in [0.25, 0.3) is 11.0 Å². The van der Waals surface area contributed by atoms with Crippen LogP contribution in [0.1, 0.15) is 12.6 Å². The molecule has 0 amide bonds. The van der Waals surface area contributed by atoms with Gasteiger partial charge in [0.15, 0.2) is 0 Å². The van der Waals surface area contributed by atoms with Crippen molar-refractivity contribution in [3.8, 4) is 0 Å². The zero-order chi connectivity index (χ0) is 14.5. The Labute approximate surface area is 125 Å². The van der Waals surface area contributed by atoms with E-state index in [-0.39, 0.29) is 6.10 Å². The quantitative estimate of drug-likeness (QED) is 0.901. The van der Waals surface area contributed by atoms with Crippen LogP contribution in [0.4, 0.5) is 0 Å². The van der Waals surface area contributed by atoms with Gasteiger partial charge in [-0.25, -0.2) is 4.98 Å². The topological polar surface area (TPSA) is 50.3 Å². The fraction of sp³-hybridized carbons (Fsp3) is 0.500. The molecule has 1 atom stereocenters. The van der Waals surface area contributed by atoms with Gasteiger partial charge in [0, 0.05) is 26.2 Å². The Kier molecular flexibility index (Phi) is 4.75. The van der Waals surface area contributed by atoms with Crippen molar-refractivity contribution in [1.29, 1.82) is 0 Å². The van der Waals surface area contributed by atoms with Crippen molar-refractivity contribution in [2.24, 2.45) is 0 Å². The molecule has 5 nitrogen and oxygen atoms in total. The number of hydrogen-bond donors (Lipinski definition) is 1. The standard InChI is InChI=1S/C16H22N4O/c1-2-20-7-8-21-14(12-20)11-17-9-13-10-18-15-5-3-4-6-16(15)19-13/h3-6,10,14,17H,2,7-9,11-12H2,1H3. The van der Waals surface area contributed by atoms with Crippen molar-refractivity contribution < 1.29 is 4.74 Å². The number of ether oxygens (including phenoxy) is 1. The normalized spacial score (nSPS) is 20.0. The van der Waals surface area contributed by atoms with Gasteiger partial charge in [0.05, 0.1) is 35.6 Å². The van der Waals surface area contributed by atoms with E-state index >= 15 is 0 Å². The second kappa shape index (κ2) is 6.93. The van der Waals surface area contributed by atoms with E-state index in [0.717, 1.165) is 56.1 Å². The molecule has 1 aromatic heterocycles. The van der Waals surface area contributed by atoms with E-state index in [2.05, 4.69) is 27.1 Å². The van der Waals surface area contributed by atoms with Gasteiger partial charge in [-0.05, 0) is 18.7 Å². The largest absolute Gasteiger partial charge is 0.374 e. The van der Waals surface area contributed by atoms with Gasteiger partial charge in [-0.1, -0.05) is 19.1 Å². The second-order valence-corrected chi connectivity index (χ2v) is 5.37. The Morgan fingerprint density at radius 1 is 1.33 bits per heavy atom. The molecule has 1 aliphatic rings. The summed E-state index contributed by atoms with van der Waals surface area (Å²) in [5.74, 6) is 0. The molecular weight excluding hydrogens is 264 g/mol. The molecule has 0 spiro atoms. The molecule has 0 radical (unpaired) electrons. The van der Waals surface area contributed by atoms with Crippen LogP contribution in [0, 0.1) is 0 Å². The van der Waals surface area contributed by atoms with Crippen LogP contribution in [-0.2, 0) is 11.3 Å². The predicted molar refractivity (Wildman–Crippen MR) is 83.1 cm³/mol. The van der Waals surface area contributed by atoms with Crippen molar-refractivity contribution in [3.05, 3.63) is 36.2 Å². The van der Waals surface area contributed by atoms with E-state index < -0.39 is 0 Å². The van der Waals surface area contributed by atoms with Crippen LogP contribution in [0.15, 0.2) is 30.5 Å². The predicted octanol–water partition coefficient (Wildman–Crippen LogP) is 1.44. The van der Waals surface area contributed by atoms with Crippen molar-refractivity contribution in [2.45, 2.75) is 19.6 Å². The fourth-order valence-corrected chi connectivity index (χ4v) is 2.63. The van der Waals surface area contributed by atoms with Crippen molar-refractivity contribution >= 4 is 11.0 Å². The van der Waals surface area contributed by atoms with E-state index in [0.29, 0.717) is 0 Å². The molecular formula is C16H22N4O. The lowest BCUT2D eigenvalue weighted by atomic mass is 10.2. The third-order valence-electron chi connectivity index (χ3n) is 3.85. The minimum atomic E-state index is 0.270. The minimum absolute atomic E-state index is 0.270. The van der Waals surface area contributed by atoms with Gasteiger partial charge in [0.2, 0.25) is 0 Å². The lowest BCUT2D eigenvalue weighted by molar-refractivity contribution is -0.0254. The average Bonchev–Trinajstić information content (AvgIpc) is 2.55. The highest BCUT2D eigenvalue weighted by atomic mass is 16.5. The Balaban J connectivity index is 1.52. The van der Waals surface area contributed by atoms with Crippen LogP contribution in [0.3, 0.4) is 0 Å². The van der Waals surface area contributed by atoms with E-state index in [1.165, 1.54) is 0 Å². The molecule has 5 heteroatoms. The van der Waals surface area contributed by atoms with Crippen LogP contribution in [-0.4, -0.2) is 53.8 Å². The van der Waals surface area contributed by atoms with Gasteiger partial charge in [0.1, 0.15) is 0 Å². The number of fused-ring (bicyclic) bond motifs is 1. The SMILES string of the molecule is CCN1CCOC(CNCc2cnc3ccccc3n2)C1. The maximum absolute atomic E-state index is 5.78. The summed E-state index contributed by atoms with van der Waals surface area (Å²) in [6, 6.07) is 7.95. The van der Waals surface area contributed by atoms with Gasteiger partial charge in [0.25, 0.3) is 0 Å². The number of hydrogen-bond acceptors (Lipinski definition) is 5. The van der Waals surface area contributed by atoms with Crippen LogP contribution >= 0.6 is 0 Å². The number of likely N-dealkylation sites (N-methyl/N-ethyl adjacent to an activating group) is 1. The summed E-state index contributed by atoms with van der Waals surface area (Å²) in [5, 5.41) is 3.43. The molecule has 1 N–H and O–H groups in total. The van der Waals surface area contributed by atoms with E-state index in [1.54, 1.807) is 0 Å². The highest BCUT2D eigenvalue weighted by Gasteiger charge is 2.18. The first-order valence-electron chi connectivity index (χ1n) is 7.60. The Hall–Kier alpha value is -1.56. The Morgan fingerprint density at radius 3 is 3.05 bits per heavy atom. The maximum Gasteiger partial charge on any atom is 0.0890 e. The maximum atomic E-state index is 5.78. The molecule has 0 saturated carbocycles. The molecule has 21 heavy (non-hydrogen) atoms. The first-order valence-corrected chi connectivity index (χ1v) is 7.60. The Morgan fingerprint density at radius 2 is 2.19 bits per heavy atom. The fourth-order valence-electron chi connectivity index (χ4n) is 2.63. The minimum Gasteiger partial charge on any atom is -0.374 e. The number of aromatic nitrogens is 2. The summed E-state index contributed by atoms with van der Waals surface area (Å²) in [7, 11) is 0. The molecule has 3 rings (SSSR count). The number of para-hydroxylation sites is 2.